The maximum absolute atomic E-state index is 12.5. The van der Waals surface area contributed by atoms with E-state index in [1.807, 2.05) is 36.7 Å². The maximum atomic E-state index is 12.5. The Morgan fingerprint density at radius 3 is 2.74 bits per heavy atom. The Labute approximate surface area is 153 Å². The number of pyridine rings is 1. The third kappa shape index (κ3) is 2.69. The molecule has 9 nitrogen and oxygen atoms in total. The van der Waals surface area contributed by atoms with Crippen LogP contribution < -0.4 is 10.9 Å². The average molecular weight is 364 g/mol. The van der Waals surface area contributed by atoms with Crippen LogP contribution in [0.25, 0.3) is 16.7 Å². The largest absolute Gasteiger partial charge is 0.376 e. The number of aryl methyl sites for hydroxylation is 2. The average Bonchev–Trinajstić information content (AvgIpc) is 2.97. The molecule has 3 heterocycles. The zero-order valence-electron chi connectivity index (χ0n) is 14.7. The fourth-order valence-electron chi connectivity index (χ4n) is 3.20. The Balaban J connectivity index is 1.77. The highest BCUT2D eigenvalue weighted by Gasteiger charge is 2.23. The van der Waals surface area contributed by atoms with Gasteiger partial charge in [0.25, 0.3) is 0 Å². The molecule has 0 amide bonds. The molecule has 27 heavy (non-hydrogen) atoms. The molecule has 136 valence electrons. The van der Waals surface area contributed by atoms with E-state index in [0.717, 1.165) is 21.0 Å². The molecule has 1 aromatic carbocycles. The lowest BCUT2D eigenvalue weighted by molar-refractivity contribution is -0.385. The highest BCUT2D eigenvalue weighted by molar-refractivity contribution is 5.79. The first-order valence-corrected chi connectivity index (χ1v) is 8.28. The van der Waals surface area contributed by atoms with Gasteiger partial charge in [-0.1, -0.05) is 18.2 Å². The Kier molecular flexibility index (Phi) is 3.84. The number of hydrogen-bond donors (Lipinski definition) is 1. The minimum atomic E-state index is -0.728. The van der Waals surface area contributed by atoms with E-state index < -0.39 is 16.2 Å². The molecule has 0 saturated carbocycles. The second-order valence-electron chi connectivity index (χ2n) is 6.18. The Bertz CT molecular complexity index is 1260. The van der Waals surface area contributed by atoms with Crippen LogP contribution in [0.5, 0.6) is 0 Å². The van der Waals surface area contributed by atoms with Gasteiger partial charge in [0, 0.05) is 13.2 Å². The summed E-state index contributed by atoms with van der Waals surface area (Å²) in [7, 11) is 1.89. The van der Waals surface area contributed by atoms with E-state index in [0.29, 0.717) is 11.5 Å². The lowest BCUT2D eigenvalue weighted by Gasteiger charge is -2.08. The molecule has 4 rings (SSSR count). The minimum absolute atomic E-state index is 0.0695. The maximum Gasteiger partial charge on any atom is 0.376 e. The van der Waals surface area contributed by atoms with E-state index in [1.54, 1.807) is 18.2 Å². The first-order chi connectivity index (χ1) is 13.0. The predicted molar refractivity (Wildman–Crippen MR) is 101 cm³/mol. The lowest BCUT2D eigenvalue weighted by Crippen LogP contribution is -2.21. The fraction of sp³-hybridized carbons (Fsp3) is 0.167. The Morgan fingerprint density at radius 2 is 2.00 bits per heavy atom. The number of nitro groups is 1. The second kappa shape index (κ2) is 6.20. The Hall–Kier alpha value is -3.75. The standard InChI is InChI=1S/C18H16N6O3/c1-11-6-5-7-12-15(11)22(2)14(20-12)10-19-17-16(24(26)27)18(25)23-9-4-3-8-13(23)21-17/h3-9,19H,10H2,1-2H3. The van der Waals surface area contributed by atoms with Crippen molar-refractivity contribution in [3.05, 3.63) is 74.5 Å². The third-order valence-electron chi connectivity index (χ3n) is 4.50. The van der Waals surface area contributed by atoms with E-state index in [2.05, 4.69) is 15.3 Å². The van der Waals surface area contributed by atoms with Gasteiger partial charge in [-0.25, -0.2) is 9.97 Å². The summed E-state index contributed by atoms with van der Waals surface area (Å²) in [6, 6.07) is 10.8. The van der Waals surface area contributed by atoms with E-state index >= 15 is 0 Å². The van der Waals surface area contributed by atoms with E-state index in [9.17, 15) is 14.9 Å². The number of fused-ring (bicyclic) bond motifs is 2. The number of rotatable bonds is 4. The van der Waals surface area contributed by atoms with Crippen molar-refractivity contribution in [1.29, 1.82) is 0 Å². The van der Waals surface area contributed by atoms with Crippen molar-refractivity contribution in [3.8, 4) is 0 Å². The van der Waals surface area contributed by atoms with E-state index in [-0.39, 0.29) is 12.4 Å². The van der Waals surface area contributed by atoms with Crippen LogP contribution in [0, 0.1) is 17.0 Å². The molecule has 9 heteroatoms. The zero-order valence-corrected chi connectivity index (χ0v) is 14.7. The molecule has 0 radical (unpaired) electrons. The first kappa shape index (κ1) is 16.7. The summed E-state index contributed by atoms with van der Waals surface area (Å²) in [4.78, 5) is 32.0. The summed E-state index contributed by atoms with van der Waals surface area (Å²) < 4.78 is 3.08. The van der Waals surface area contributed by atoms with Crippen LogP contribution in [0.3, 0.4) is 0 Å². The summed E-state index contributed by atoms with van der Waals surface area (Å²) in [6.07, 6.45) is 1.45. The van der Waals surface area contributed by atoms with Gasteiger partial charge in [0.2, 0.25) is 5.82 Å². The molecule has 0 saturated heterocycles. The SMILES string of the molecule is Cc1cccc2nc(CNc3nc4ccccn4c(=O)c3[N+](=O)[O-])n(C)c12. The number of nitrogens with one attached hydrogen (secondary N) is 1. The second-order valence-corrected chi connectivity index (χ2v) is 6.18. The molecular formula is C18H16N6O3. The zero-order chi connectivity index (χ0) is 19.1. The van der Waals surface area contributed by atoms with Gasteiger partial charge in [0.05, 0.1) is 22.5 Å². The van der Waals surface area contributed by atoms with Gasteiger partial charge in [-0.15, -0.1) is 0 Å². The first-order valence-electron chi connectivity index (χ1n) is 8.28. The van der Waals surface area contributed by atoms with Gasteiger partial charge >= 0.3 is 11.2 Å². The summed E-state index contributed by atoms with van der Waals surface area (Å²) in [5.74, 6) is 0.614. The van der Waals surface area contributed by atoms with Crippen molar-refractivity contribution >= 4 is 28.2 Å². The summed E-state index contributed by atoms with van der Waals surface area (Å²) in [6.45, 7) is 2.19. The van der Waals surface area contributed by atoms with Gasteiger partial charge in [-0.2, -0.15) is 0 Å². The normalized spacial score (nSPS) is 11.2. The van der Waals surface area contributed by atoms with Gasteiger partial charge in [0.1, 0.15) is 11.5 Å². The van der Waals surface area contributed by atoms with Crippen molar-refractivity contribution in [2.75, 3.05) is 5.32 Å². The van der Waals surface area contributed by atoms with Crippen molar-refractivity contribution in [2.24, 2.45) is 7.05 Å². The quantitative estimate of drug-likeness (QED) is 0.440. The van der Waals surface area contributed by atoms with Crippen LogP contribution in [-0.2, 0) is 13.6 Å². The molecule has 4 aromatic rings. The molecule has 0 spiro atoms. The molecule has 0 unspecified atom stereocenters. The summed E-state index contributed by atoms with van der Waals surface area (Å²) in [5.41, 5.74) is 1.94. The minimum Gasteiger partial charge on any atom is -0.357 e. The molecule has 0 aliphatic carbocycles. The van der Waals surface area contributed by atoms with Crippen molar-refractivity contribution in [1.82, 2.24) is 18.9 Å². The molecule has 0 fully saturated rings. The fourth-order valence-corrected chi connectivity index (χ4v) is 3.20. The number of hydrogen-bond acceptors (Lipinski definition) is 6. The Morgan fingerprint density at radius 1 is 1.19 bits per heavy atom. The summed E-state index contributed by atoms with van der Waals surface area (Å²) >= 11 is 0. The van der Waals surface area contributed by atoms with Gasteiger partial charge in [-0.05, 0) is 30.7 Å². The molecule has 0 bridgehead atoms. The van der Waals surface area contributed by atoms with E-state index in [1.165, 1.54) is 6.20 Å². The molecule has 0 aliphatic rings. The van der Waals surface area contributed by atoms with Crippen LogP contribution in [0.15, 0.2) is 47.4 Å². The van der Waals surface area contributed by atoms with Gasteiger partial charge < -0.3 is 9.88 Å². The van der Waals surface area contributed by atoms with Gasteiger partial charge in [-0.3, -0.25) is 19.3 Å². The smallest absolute Gasteiger partial charge is 0.357 e. The molecule has 0 aliphatic heterocycles. The number of para-hydroxylation sites is 1. The molecule has 1 N–H and O–H groups in total. The number of aromatic nitrogens is 4. The van der Waals surface area contributed by atoms with Gasteiger partial charge in [0.15, 0.2) is 0 Å². The number of benzene rings is 1. The van der Waals surface area contributed by atoms with Crippen molar-refractivity contribution < 1.29 is 4.92 Å². The van der Waals surface area contributed by atoms with Crippen molar-refractivity contribution in [3.63, 3.8) is 0 Å². The van der Waals surface area contributed by atoms with Crippen molar-refractivity contribution in [2.45, 2.75) is 13.5 Å². The molecule has 0 atom stereocenters. The lowest BCUT2D eigenvalue weighted by atomic mass is 10.2. The number of anilines is 1. The monoisotopic (exact) mass is 364 g/mol. The third-order valence-corrected chi connectivity index (χ3v) is 4.50. The highest BCUT2D eigenvalue weighted by Crippen LogP contribution is 2.21. The van der Waals surface area contributed by atoms with Crippen LogP contribution in [0.1, 0.15) is 11.4 Å². The van der Waals surface area contributed by atoms with Crippen LogP contribution in [0.2, 0.25) is 0 Å². The molecule has 3 aromatic heterocycles. The molecular weight excluding hydrogens is 348 g/mol. The van der Waals surface area contributed by atoms with E-state index in [4.69, 9.17) is 0 Å². The highest BCUT2D eigenvalue weighted by atomic mass is 16.6. The van der Waals surface area contributed by atoms with Crippen LogP contribution in [0.4, 0.5) is 11.5 Å². The number of nitrogens with zero attached hydrogens (tertiary/aromatic N) is 5. The topological polar surface area (TPSA) is 107 Å². The number of imidazole rings is 1. The summed E-state index contributed by atoms with van der Waals surface area (Å²) in [5, 5.41) is 14.4. The predicted octanol–water partition coefficient (Wildman–Crippen LogP) is 2.41. The van der Waals surface area contributed by atoms with Crippen LogP contribution >= 0.6 is 0 Å². The van der Waals surface area contributed by atoms with Crippen LogP contribution in [-0.4, -0.2) is 23.9 Å².